The van der Waals surface area contributed by atoms with Crippen LogP contribution in [0.15, 0.2) is 48.8 Å². The first-order valence-electron chi connectivity index (χ1n) is 9.07. The minimum atomic E-state index is 0.0684. The summed E-state index contributed by atoms with van der Waals surface area (Å²) >= 11 is 0. The van der Waals surface area contributed by atoms with Gasteiger partial charge in [-0.2, -0.15) is 0 Å². The summed E-state index contributed by atoms with van der Waals surface area (Å²) in [7, 11) is 0. The molecule has 1 aromatic heterocycles. The summed E-state index contributed by atoms with van der Waals surface area (Å²) in [6, 6.07) is 13.8. The summed E-state index contributed by atoms with van der Waals surface area (Å²) in [6.45, 7) is 7.44. The monoisotopic (exact) mass is 362 g/mol. The molecular formula is C20H22N6O. The van der Waals surface area contributed by atoms with Gasteiger partial charge in [0.2, 0.25) is 0 Å². The molecule has 0 N–H and O–H groups in total. The summed E-state index contributed by atoms with van der Waals surface area (Å²) < 4.78 is 1.57. The van der Waals surface area contributed by atoms with Gasteiger partial charge in [0.25, 0.3) is 5.91 Å². The molecule has 1 fully saturated rings. The lowest BCUT2D eigenvalue weighted by Crippen LogP contribution is -2.49. The van der Waals surface area contributed by atoms with E-state index in [9.17, 15) is 4.79 Å². The molecule has 0 spiro atoms. The van der Waals surface area contributed by atoms with Gasteiger partial charge in [-0.05, 0) is 65.7 Å². The molecule has 2 heterocycles. The second-order valence-corrected chi connectivity index (χ2v) is 6.80. The maximum absolute atomic E-state index is 12.8. The Hall–Kier alpha value is -3.22. The van der Waals surface area contributed by atoms with E-state index in [2.05, 4.69) is 52.5 Å². The highest BCUT2D eigenvalue weighted by atomic mass is 16.2. The van der Waals surface area contributed by atoms with E-state index in [1.807, 2.05) is 29.2 Å². The minimum Gasteiger partial charge on any atom is -0.368 e. The third-order valence-corrected chi connectivity index (χ3v) is 5.21. The molecule has 0 aliphatic carbocycles. The van der Waals surface area contributed by atoms with E-state index in [0.717, 1.165) is 31.9 Å². The van der Waals surface area contributed by atoms with Crippen LogP contribution in [-0.2, 0) is 0 Å². The predicted molar refractivity (Wildman–Crippen MR) is 103 cm³/mol. The number of benzene rings is 2. The number of hydrogen-bond donors (Lipinski definition) is 0. The molecule has 0 unspecified atom stereocenters. The van der Waals surface area contributed by atoms with E-state index >= 15 is 0 Å². The molecule has 3 aromatic rings. The van der Waals surface area contributed by atoms with Gasteiger partial charge in [0.15, 0.2) is 0 Å². The Morgan fingerprint density at radius 2 is 1.70 bits per heavy atom. The van der Waals surface area contributed by atoms with Crippen LogP contribution in [-0.4, -0.2) is 57.2 Å². The summed E-state index contributed by atoms with van der Waals surface area (Å²) in [5, 5.41) is 11.1. The fourth-order valence-electron chi connectivity index (χ4n) is 3.45. The largest absolute Gasteiger partial charge is 0.368 e. The number of aromatic nitrogens is 4. The van der Waals surface area contributed by atoms with Crippen molar-refractivity contribution in [3.8, 4) is 5.69 Å². The number of piperazine rings is 1. The van der Waals surface area contributed by atoms with Gasteiger partial charge in [0, 0.05) is 37.4 Å². The van der Waals surface area contributed by atoms with Crippen molar-refractivity contribution >= 4 is 11.6 Å². The van der Waals surface area contributed by atoms with Crippen LogP contribution in [0.4, 0.5) is 5.69 Å². The highest BCUT2D eigenvalue weighted by molar-refractivity contribution is 5.94. The Morgan fingerprint density at radius 3 is 2.37 bits per heavy atom. The van der Waals surface area contributed by atoms with Crippen LogP contribution in [0.5, 0.6) is 0 Å². The first kappa shape index (κ1) is 17.2. The number of rotatable bonds is 3. The van der Waals surface area contributed by atoms with E-state index in [4.69, 9.17) is 0 Å². The van der Waals surface area contributed by atoms with Crippen LogP contribution in [0.1, 0.15) is 21.5 Å². The van der Waals surface area contributed by atoms with E-state index in [-0.39, 0.29) is 5.91 Å². The fourth-order valence-corrected chi connectivity index (χ4v) is 3.45. The van der Waals surface area contributed by atoms with Crippen molar-refractivity contribution < 1.29 is 4.79 Å². The van der Waals surface area contributed by atoms with Crippen molar-refractivity contribution in [2.75, 3.05) is 31.1 Å². The third kappa shape index (κ3) is 3.40. The molecule has 27 heavy (non-hydrogen) atoms. The molecule has 7 nitrogen and oxygen atoms in total. The molecular weight excluding hydrogens is 340 g/mol. The Labute approximate surface area is 158 Å². The number of amides is 1. The lowest BCUT2D eigenvalue weighted by molar-refractivity contribution is 0.0747. The quantitative estimate of drug-likeness (QED) is 0.715. The lowest BCUT2D eigenvalue weighted by atomic mass is 10.1. The Bertz CT molecular complexity index is 928. The van der Waals surface area contributed by atoms with Gasteiger partial charge >= 0.3 is 0 Å². The Morgan fingerprint density at radius 1 is 0.963 bits per heavy atom. The molecule has 1 amide bonds. The number of aryl methyl sites for hydroxylation is 1. The summed E-state index contributed by atoms with van der Waals surface area (Å²) in [5.74, 6) is 0.0684. The van der Waals surface area contributed by atoms with Crippen molar-refractivity contribution in [2.24, 2.45) is 0 Å². The number of hydrogen-bond acceptors (Lipinski definition) is 5. The van der Waals surface area contributed by atoms with Crippen molar-refractivity contribution in [1.82, 2.24) is 25.1 Å². The van der Waals surface area contributed by atoms with Crippen LogP contribution in [0.3, 0.4) is 0 Å². The fraction of sp³-hybridized carbons (Fsp3) is 0.300. The summed E-state index contributed by atoms with van der Waals surface area (Å²) in [5.41, 5.74) is 5.40. The minimum absolute atomic E-state index is 0.0684. The smallest absolute Gasteiger partial charge is 0.253 e. The SMILES string of the molecule is Cc1cccc(N2CCN(C(=O)c3ccc(-n4cnnn4)cc3)CC2)c1C. The van der Waals surface area contributed by atoms with Crippen molar-refractivity contribution in [3.63, 3.8) is 0 Å². The van der Waals surface area contributed by atoms with Gasteiger partial charge in [-0.25, -0.2) is 4.68 Å². The predicted octanol–water partition coefficient (Wildman–Crippen LogP) is 2.24. The average Bonchev–Trinajstić information content (AvgIpc) is 3.25. The van der Waals surface area contributed by atoms with E-state index < -0.39 is 0 Å². The first-order valence-corrected chi connectivity index (χ1v) is 9.07. The van der Waals surface area contributed by atoms with Gasteiger partial charge in [0.1, 0.15) is 6.33 Å². The van der Waals surface area contributed by atoms with Crippen LogP contribution in [0.25, 0.3) is 5.69 Å². The average molecular weight is 362 g/mol. The zero-order chi connectivity index (χ0) is 18.8. The van der Waals surface area contributed by atoms with E-state index in [1.165, 1.54) is 23.1 Å². The Kier molecular flexibility index (Phi) is 4.58. The van der Waals surface area contributed by atoms with Crippen molar-refractivity contribution in [1.29, 1.82) is 0 Å². The summed E-state index contributed by atoms with van der Waals surface area (Å²) in [4.78, 5) is 17.1. The second kappa shape index (κ2) is 7.19. The normalized spacial score (nSPS) is 14.4. The zero-order valence-electron chi connectivity index (χ0n) is 15.5. The zero-order valence-corrected chi connectivity index (χ0v) is 15.5. The molecule has 0 radical (unpaired) electrons. The standard InChI is InChI=1S/C20H22N6O/c1-15-4-3-5-19(16(15)2)24-10-12-25(13-11-24)20(27)17-6-8-18(9-7-17)26-14-21-22-23-26/h3-9,14H,10-13H2,1-2H3. The van der Waals surface area contributed by atoms with Gasteiger partial charge in [0.05, 0.1) is 5.69 Å². The number of tetrazole rings is 1. The second-order valence-electron chi connectivity index (χ2n) is 6.80. The molecule has 1 aliphatic rings. The number of nitrogens with zero attached hydrogens (tertiary/aromatic N) is 6. The number of carbonyl (C=O) groups is 1. The molecule has 1 aliphatic heterocycles. The lowest BCUT2D eigenvalue weighted by Gasteiger charge is -2.37. The first-order chi connectivity index (χ1) is 13.1. The number of carbonyl (C=O) groups excluding carboxylic acids is 1. The maximum atomic E-state index is 12.8. The van der Waals surface area contributed by atoms with Gasteiger partial charge in [-0.1, -0.05) is 12.1 Å². The van der Waals surface area contributed by atoms with E-state index in [0.29, 0.717) is 5.56 Å². The highest BCUT2D eigenvalue weighted by Crippen LogP contribution is 2.24. The topological polar surface area (TPSA) is 67.2 Å². The van der Waals surface area contributed by atoms with Gasteiger partial charge < -0.3 is 9.80 Å². The molecule has 138 valence electrons. The molecule has 1 saturated heterocycles. The van der Waals surface area contributed by atoms with Crippen molar-refractivity contribution in [3.05, 3.63) is 65.5 Å². The van der Waals surface area contributed by atoms with Crippen LogP contribution >= 0.6 is 0 Å². The molecule has 0 atom stereocenters. The van der Waals surface area contributed by atoms with Crippen LogP contribution in [0, 0.1) is 13.8 Å². The molecule has 0 bridgehead atoms. The highest BCUT2D eigenvalue weighted by Gasteiger charge is 2.23. The van der Waals surface area contributed by atoms with Gasteiger partial charge in [-0.3, -0.25) is 4.79 Å². The third-order valence-electron chi connectivity index (χ3n) is 5.21. The molecule has 2 aromatic carbocycles. The van der Waals surface area contributed by atoms with Gasteiger partial charge in [-0.15, -0.1) is 5.10 Å². The van der Waals surface area contributed by atoms with Crippen molar-refractivity contribution in [2.45, 2.75) is 13.8 Å². The maximum Gasteiger partial charge on any atom is 0.253 e. The molecule has 7 heteroatoms. The number of anilines is 1. The Balaban J connectivity index is 1.42. The van der Waals surface area contributed by atoms with Crippen LogP contribution < -0.4 is 4.90 Å². The molecule has 0 saturated carbocycles. The summed E-state index contributed by atoms with van der Waals surface area (Å²) in [6.07, 6.45) is 1.53. The molecule has 4 rings (SSSR count). The van der Waals surface area contributed by atoms with Crippen LogP contribution in [0.2, 0.25) is 0 Å². The van der Waals surface area contributed by atoms with E-state index in [1.54, 1.807) is 4.68 Å².